The Morgan fingerprint density at radius 2 is 1.82 bits per heavy atom. The Bertz CT molecular complexity index is 525. The molecule has 0 spiro atoms. The van der Waals surface area contributed by atoms with Crippen LogP contribution >= 0.6 is 0 Å². The van der Waals surface area contributed by atoms with Gasteiger partial charge in [-0.15, -0.1) is 0 Å². The summed E-state index contributed by atoms with van der Waals surface area (Å²) in [5, 5.41) is 11.9. The SMILES string of the molecule is CN(C)Cc1ccc(CNC(=O)C(F)(F)C2(O)CCC2)cc1. The minimum atomic E-state index is -3.74. The summed E-state index contributed by atoms with van der Waals surface area (Å²) in [6.07, 6.45) is 0.450. The number of carbonyl (C=O) groups excluding carboxylic acids is 1. The zero-order valence-electron chi connectivity index (χ0n) is 12.9. The molecular formula is C16H22F2N2O2. The quantitative estimate of drug-likeness (QED) is 0.844. The third-order valence-electron chi connectivity index (χ3n) is 4.03. The van der Waals surface area contributed by atoms with E-state index in [2.05, 4.69) is 5.32 Å². The molecule has 1 aliphatic rings. The summed E-state index contributed by atoms with van der Waals surface area (Å²) in [6.45, 7) is 0.810. The van der Waals surface area contributed by atoms with Crippen LogP contribution in [0.3, 0.4) is 0 Å². The molecule has 0 aliphatic heterocycles. The maximum absolute atomic E-state index is 13.9. The minimum Gasteiger partial charge on any atom is -0.383 e. The lowest BCUT2D eigenvalue weighted by Crippen LogP contribution is -2.60. The van der Waals surface area contributed by atoms with Crippen LogP contribution in [0, 0.1) is 0 Å². The number of nitrogens with zero attached hydrogens (tertiary/aromatic N) is 1. The number of halogens is 2. The topological polar surface area (TPSA) is 52.6 Å². The van der Waals surface area contributed by atoms with E-state index in [0.717, 1.165) is 17.7 Å². The number of amides is 1. The molecule has 1 fully saturated rings. The maximum atomic E-state index is 13.9. The van der Waals surface area contributed by atoms with Crippen LogP contribution in [0.5, 0.6) is 0 Å². The summed E-state index contributed by atoms with van der Waals surface area (Å²) in [5.41, 5.74) is -0.325. The monoisotopic (exact) mass is 312 g/mol. The first-order valence-electron chi connectivity index (χ1n) is 7.36. The number of hydrogen-bond acceptors (Lipinski definition) is 3. The molecule has 0 saturated heterocycles. The minimum absolute atomic E-state index is 0.0206. The van der Waals surface area contributed by atoms with Gasteiger partial charge in [0.2, 0.25) is 0 Å². The standard InChI is InChI=1S/C16H22F2N2O2/c1-20(2)11-13-6-4-12(5-7-13)10-19-14(21)16(17,18)15(22)8-3-9-15/h4-7,22H,3,8-11H2,1-2H3,(H,19,21). The van der Waals surface area contributed by atoms with E-state index in [1.807, 2.05) is 31.1 Å². The van der Waals surface area contributed by atoms with Gasteiger partial charge in [-0.3, -0.25) is 4.79 Å². The third-order valence-corrected chi connectivity index (χ3v) is 4.03. The van der Waals surface area contributed by atoms with Gasteiger partial charge >= 0.3 is 5.92 Å². The normalized spacial score (nSPS) is 17.2. The molecule has 1 amide bonds. The number of rotatable bonds is 6. The molecule has 1 aromatic carbocycles. The summed E-state index contributed by atoms with van der Waals surface area (Å²) in [4.78, 5) is 13.7. The van der Waals surface area contributed by atoms with E-state index < -0.39 is 17.4 Å². The summed E-state index contributed by atoms with van der Waals surface area (Å²) in [5.74, 6) is -5.15. The van der Waals surface area contributed by atoms with Crippen molar-refractivity contribution in [3.63, 3.8) is 0 Å². The van der Waals surface area contributed by atoms with Gasteiger partial charge in [0.1, 0.15) is 5.60 Å². The van der Waals surface area contributed by atoms with Crippen LogP contribution in [0.15, 0.2) is 24.3 Å². The van der Waals surface area contributed by atoms with Crippen molar-refractivity contribution < 1.29 is 18.7 Å². The van der Waals surface area contributed by atoms with Crippen molar-refractivity contribution in [2.24, 2.45) is 0 Å². The van der Waals surface area contributed by atoms with Crippen molar-refractivity contribution in [1.82, 2.24) is 10.2 Å². The third kappa shape index (κ3) is 3.44. The molecular weight excluding hydrogens is 290 g/mol. The zero-order chi connectivity index (χ0) is 16.4. The molecule has 0 radical (unpaired) electrons. The van der Waals surface area contributed by atoms with Crippen molar-refractivity contribution in [3.05, 3.63) is 35.4 Å². The van der Waals surface area contributed by atoms with Crippen molar-refractivity contribution in [2.75, 3.05) is 14.1 Å². The fraction of sp³-hybridized carbons (Fsp3) is 0.562. The van der Waals surface area contributed by atoms with Gasteiger partial charge in [-0.1, -0.05) is 24.3 Å². The smallest absolute Gasteiger partial charge is 0.352 e. The van der Waals surface area contributed by atoms with E-state index in [-0.39, 0.29) is 19.4 Å². The highest BCUT2D eigenvalue weighted by Crippen LogP contribution is 2.44. The van der Waals surface area contributed by atoms with Crippen molar-refractivity contribution in [3.8, 4) is 0 Å². The van der Waals surface area contributed by atoms with Crippen LogP contribution < -0.4 is 5.32 Å². The predicted molar refractivity (Wildman–Crippen MR) is 79.4 cm³/mol. The number of nitrogens with one attached hydrogen (secondary N) is 1. The van der Waals surface area contributed by atoms with Gasteiger partial charge in [-0.25, -0.2) is 0 Å². The first-order valence-corrected chi connectivity index (χ1v) is 7.36. The Morgan fingerprint density at radius 1 is 1.27 bits per heavy atom. The summed E-state index contributed by atoms with van der Waals surface area (Å²) in [6, 6.07) is 7.41. The molecule has 22 heavy (non-hydrogen) atoms. The Balaban J connectivity index is 1.91. The van der Waals surface area contributed by atoms with Gasteiger partial charge in [0, 0.05) is 13.1 Å². The van der Waals surface area contributed by atoms with Crippen LogP contribution in [-0.4, -0.2) is 41.5 Å². The lowest BCUT2D eigenvalue weighted by Gasteiger charge is -2.41. The second-order valence-electron chi connectivity index (χ2n) is 6.20. The average Bonchev–Trinajstić information content (AvgIpc) is 2.42. The van der Waals surface area contributed by atoms with E-state index in [1.54, 1.807) is 12.1 Å². The van der Waals surface area contributed by atoms with Crippen LogP contribution in [0.4, 0.5) is 8.78 Å². The van der Waals surface area contributed by atoms with Gasteiger partial charge < -0.3 is 15.3 Å². The molecule has 2 rings (SSSR count). The van der Waals surface area contributed by atoms with Crippen LogP contribution in [-0.2, 0) is 17.9 Å². The van der Waals surface area contributed by atoms with E-state index >= 15 is 0 Å². The molecule has 122 valence electrons. The second kappa shape index (κ2) is 6.30. The number of alkyl halides is 2. The van der Waals surface area contributed by atoms with Crippen LogP contribution in [0.25, 0.3) is 0 Å². The van der Waals surface area contributed by atoms with Gasteiger partial charge in [-0.05, 0) is 44.5 Å². The van der Waals surface area contributed by atoms with E-state index in [4.69, 9.17) is 0 Å². The fourth-order valence-corrected chi connectivity index (χ4v) is 2.46. The lowest BCUT2D eigenvalue weighted by molar-refractivity contribution is -0.216. The summed E-state index contributed by atoms with van der Waals surface area (Å²) in [7, 11) is 3.92. The molecule has 0 unspecified atom stereocenters. The molecule has 0 heterocycles. The molecule has 6 heteroatoms. The first-order chi connectivity index (χ1) is 10.2. The highest BCUT2D eigenvalue weighted by atomic mass is 19.3. The van der Waals surface area contributed by atoms with Crippen molar-refractivity contribution in [1.29, 1.82) is 0 Å². The Hall–Kier alpha value is -1.53. The Morgan fingerprint density at radius 3 is 2.27 bits per heavy atom. The Kier molecular flexibility index (Phi) is 4.82. The van der Waals surface area contributed by atoms with E-state index in [9.17, 15) is 18.7 Å². The fourth-order valence-electron chi connectivity index (χ4n) is 2.46. The predicted octanol–water partition coefficient (Wildman–Crippen LogP) is 1.91. The van der Waals surface area contributed by atoms with Gasteiger partial charge in [0.25, 0.3) is 5.91 Å². The number of carbonyl (C=O) groups is 1. The largest absolute Gasteiger partial charge is 0.383 e. The second-order valence-corrected chi connectivity index (χ2v) is 6.20. The van der Waals surface area contributed by atoms with Gasteiger partial charge in [0.15, 0.2) is 0 Å². The molecule has 4 nitrogen and oxygen atoms in total. The molecule has 0 bridgehead atoms. The number of hydrogen-bond donors (Lipinski definition) is 2. The number of benzene rings is 1. The van der Waals surface area contributed by atoms with Gasteiger partial charge in [0.05, 0.1) is 0 Å². The highest BCUT2D eigenvalue weighted by Gasteiger charge is 2.61. The molecule has 2 N–H and O–H groups in total. The zero-order valence-corrected chi connectivity index (χ0v) is 12.9. The average molecular weight is 312 g/mol. The van der Waals surface area contributed by atoms with E-state index in [0.29, 0.717) is 6.42 Å². The van der Waals surface area contributed by atoms with Crippen LogP contribution in [0.1, 0.15) is 30.4 Å². The summed E-state index contributed by atoms with van der Waals surface area (Å²) < 4.78 is 27.8. The highest BCUT2D eigenvalue weighted by molar-refractivity contribution is 5.85. The molecule has 1 saturated carbocycles. The molecule has 1 aromatic rings. The number of aliphatic hydroxyl groups is 1. The molecule has 1 aliphatic carbocycles. The van der Waals surface area contributed by atoms with Crippen LogP contribution in [0.2, 0.25) is 0 Å². The maximum Gasteiger partial charge on any atom is 0.352 e. The molecule has 0 aromatic heterocycles. The van der Waals surface area contributed by atoms with Crippen molar-refractivity contribution >= 4 is 5.91 Å². The summed E-state index contributed by atoms with van der Waals surface area (Å²) >= 11 is 0. The first kappa shape index (κ1) is 16.8. The Labute approximate surface area is 129 Å². The lowest BCUT2D eigenvalue weighted by atomic mass is 9.75. The van der Waals surface area contributed by atoms with Gasteiger partial charge in [-0.2, -0.15) is 8.78 Å². The molecule has 0 atom stereocenters. The van der Waals surface area contributed by atoms with E-state index in [1.165, 1.54) is 0 Å². The van der Waals surface area contributed by atoms with Crippen molar-refractivity contribution in [2.45, 2.75) is 43.9 Å².